The van der Waals surface area contributed by atoms with Crippen LogP contribution in [0.15, 0.2) is 0 Å². The van der Waals surface area contributed by atoms with Gasteiger partial charge in [0.2, 0.25) is 0 Å². The van der Waals surface area contributed by atoms with Crippen molar-refractivity contribution in [3.63, 3.8) is 0 Å². The number of halogens is 2. The molecule has 0 amide bonds. The molecule has 0 saturated carbocycles. The molecule has 1 saturated heterocycles. The zero-order valence-electron chi connectivity index (χ0n) is 7.59. The average molecular weight is 193 g/mol. The van der Waals surface area contributed by atoms with E-state index in [0.29, 0.717) is 19.6 Å². The van der Waals surface area contributed by atoms with Crippen molar-refractivity contribution in [1.82, 2.24) is 9.80 Å². The summed E-state index contributed by atoms with van der Waals surface area (Å²) >= 11 is 0. The monoisotopic (exact) mass is 193 g/mol. The van der Waals surface area contributed by atoms with Crippen LogP contribution in [0.4, 0.5) is 8.78 Å². The molecule has 1 fully saturated rings. The molecule has 77 valence electrons. The van der Waals surface area contributed by atoms with E-state index < -0.39 is 6.43 Å². The molecule has 0 N–H and O–H groups in total. The Balaban J connectivity index is 2.15. The van der Waals surface area contributed by atoms with Crippen molar-refractivity contribution in [3.8, 4) is 0 Å². The zero-order chi connectivity index (χ0) is 9.68. The fourth-order valence-electron chi connectivity index (χ4n) is 1.52. The standard InChI is InChI=1S/C8H15F2N2O/c9-8(10)7-12-3-1-11(2-4-12)5-6-13/h8H,1-7H2. The van der Waals surface area contributed by atoms with E-state index in [4.69, 9.17) is 0 Å². The molecule has 0 unspecified atom stereocenters. The number of rotatable bonds is 4. The van der Waals surface area contributed by atoms with Crippen LogP contribution in [-0.2, 0) is 5.11 Å². The van der Waals surface area contributed by atoms with Crippen LogP contribution < -0.4 is 0 Å². The van der Waals surface area contributed by atoms with Crippen LogP contribution in [0.1, 0.15) is 0 Å². The lowest BCUT2D eigenvalue weighted by atomic mass is 10.3. The smallest absolute Gasteiger partial charge is 0.251 e. The Hall–Kier alpha value is -0.260. The first kappa shape index (κ1) is 10.8. The first-order valence-electron chi connectivity index (χ1n) is 4.53. The van der Waals surface area contributed by atoms with Crippen molar-refractivity contribution in [2.24, 2.45) is 0 Å². The summed E-state index contributed by atoms with van der Waals surface area (Å²) in [5.74, 6) is 0. The Morgan fingerprint density at radius 1 is 1.08 bits per heavy atom. The van der Waals surface area contributed by atoms with E-state index >= 15 is 0 Å². The maximum Gasteiger partial charge on any atom is 0.251 e. The highest BCUT2D eigenvalue weighted by Crippen LogP contribution is 2.04. The quantitative estimate of drug-likeness (QED) is 0.642. The largest absolute Gasteiger partial charge is 0.298 e. The van der Waals surface area contributed by atoms with E-state index in [1.54, 1.807) is 4.90 Å². The maximum atomic E-state index is 12.0. The first-order chi connectivity index (χ1) is 6.22. The third kappa shape index (κ3) is 3.97. The average Bonchev–Trinajstić information content (AvgIpc) is 2.08. The molecule has 3 nitrogen and oxygen atoms in total. The topological polar surface area (TPSA) is 26.4 Å². The molecule has 5 heteroatoms. The highest BCUT2D eigenvalue weighted by atomic mass is 19.3. The van der Waals surface area contributed by atoms with E-state index in [2.05, 4.69) is 0 Å². The molecule has 0 aromatic carbocycles. The van der Waals surface area contributed by atoms with Gasteiger partial charge in [-0.25, -0.2) is 13.9 Å². The van der Waals surface area contributed by atoms with Crippen LogP contribution in [0, 0.1) is 0 Å². The Bertz CT molecular complexity index is 138. The summed E-state index contributed by atoms with van der Waals surface area (Å²) in [7, 11) is 0. The van der Waals surface area contributed by atoms with Crippen molar-refractivity contribution >= 4 is 0 Å². The molecule has 0 spiro atoms. The summed E-state index contributed by atoms with van der Waals surface area (Å²) in [6.07, 6.45) is -2.24. The lowest BCUT2D eigenvalue weighted by molar-refractivity contribution is 0.0467. The molecule has 1 aliphatic rings. The van der Waals surface area contributed by atoms with E-state index in [1.807, 2.05) is 4.90 Å². The molecule has 0 atom stereocenters. The summed E-state index contributed by atoms with van der Waals surface area (Å²) in [6, 6.07) is 0. The first-order valence-corrected chi connectivity index (χ1v) is 4.53. The van der Waals surface area contributed by atoms with Gasteiger partial charge in [0.05, 0.1) is 13.2 Å². The Morgan fingerprint density at radius 3 is 2.08 bits per heavy atom. The molecular weight excluding hydrogens is 178 g/mol. The summed E-state index contributed by atoms with van der Waals surface area (Å²) in [4.78, 5) is 3.76. The van der Waals surface area contributed by atoms with Crippen molar-refractivity contribution in [1.29, 1.82) is 0 Å². The van der Waals surface area contributed by atoms with Crippen molar-refractivity contribution in [3.05, 3.63) is 0 Å². The molecule has 0 aromatic rings. The zero-order valence-corrected chi connectivity index (χ0v) is 7.59. The third-order valence-corrected chi connectivity index (χ3v) is 2.27. The van der Waals surface area contributed by atoms with Crippen LogP contribution in [0.3, 0.4) is 0 Å². The molecule has 1 heterocycles. The number of hydrogen-bond acceptors (Lipinski definition) is 2. The second-order valence-corrected chi connectivity index (χ2v) is 3.24. The second kappa shape index (κ2) is 5.47. The van der Waals surface area contributed by atoms with Gasteiger partial charge in [0, 0.05) is 32.7 Å². The van der Waals surface area contributed by atoms with Gasteiger partial charge in [0.1, 0.15) is 0 Å². The molecule has 1 aliphatic heterocycles. The van der Waals surface area contributed by atoms with E-state index in [1.165, 1.54) is 0 Å². The van der Waals surface area contributed by atoms with Crippen LogP contribution in [-0.4, -0.2) is 62.1 Å². The summed E-state index contributed by atoms with van der Waals surface area (Å²) in [6.45, 7) is 3.11. The number of piperazine rings is 1. The lowest BCUT2D eigenvalue weighted by Crippen LogP contribution is -2.48. The molecule has 0 aromatic heterocycles. The summed E-state index contributed by atoms with van der Waals surface area (Å²) in [5, 5.41) is 10.3. The number of alkyl halides is 2. The summed E-state index contributed by atoms with van der Waals surface area (Å²) in [5.41, 5.74) is 0. The van der Waals surface area contributed by atoms with Crippen LogP contribution in [0.25, 0.3) is 0 Å². The van der Waals surface area contributed by atoms with E-state index in [0.717, 1.165) is 13.1 Å². The molecular formula is C8H15F2N2O. The second-order valence-electron chi connectivity index (χ2n) is 3.24. The van der Waals surface area contributed by atoms with Gasteiger partial charge in [-0.15, -0.1) is 0 Å². The molecule has 1 radical (unpaired) electrons. The van der Waals surface area contributed by atoms with Crippen molar-refractivity contribution in [2.75, 3.05) is 45.9 Å². The Kier molecular flexibility index (Phi) is 4.55. The summed E-state index contributed by atoms with van der Waals surface area (Å²) < 4.78 is 23.9. The fraction of sp³-hybridized carbons (Fsp3) is 1.00. The Morgan fingerprint density at radius 2 is 1.62 bits per heavy atom. The molecule has 0 aliphatic carbocycles. The minimum Gasteiger partial charge on any atom is -0.298 e. The maximum absolute atomic E-state index is 12.0. The minimum atomic E-state index is -2.24. The van der Waals surface area contributed by atoms with Gasteiger partial charge in [-0.3, -0.25) is 9.80 Å². The van der Waals surface area contributed by atoms with Gasteiger partial charge < -0.3 is 0 Å². The van der Waals surface area contributed by atoms with Gasteiger partial charge in [0.15, 0.2) is 0 Å². The van der Waals surface area contributed by atoms with E-state index in [9.17, 15) is 13.9 Å². The van der Waals surface area contributed by atoms with Gasteiger partial charge in [0.25, 0.3) is 6.43 Å². The highest BCUT2D eigenvalue weighted by molar-refractivity contribution is 4.71. The predicted molar refractivity (Wildman–Crippen MR) is 44.4 cm³/mol. The van der Waals surface area contributed by atoms with Gasteiger partial charge in [-0.1, -0.05) is 0 Å². The highest BCUT2D eigenvalue weighted by Gasteiger charge is 2.18. The van der Waals surface area contributed by atoms with Crippen LogP contribution >= 0.6 is 0 Å². The molecule has 0 bridgehead atoms. The number of hydrogen-bond donors (Lipinski definition) is 0. The predicted octanol–water partition coefficient (Wildman–Crippen LogP) is 0.300. The molecule has 1 rings (SSSR count). The number of nitrogens with zero attached hydrogens (tertiary/aromatic N) is 2. The van der Waals surface area contributed by atoms with Crippen LogP contribution in [0.5, 0.6) is 0 Å². The van der Waals surface area contributed by atoms with Crippen molar-refractivity contribution in [2.45, 2.75) is 6.43 Å². The normalized spacial score (nSPS) is 21.2. The third-order valence-electron chi connectivity index (χ3n) is 2.27. The van der Waals surface area contributed by atoms with Gasteiger partial charge in [-0.2, -0.15) is 0 Å². The van der Waals surface area contributed by atoms with E-state index in [-0.39, 0.29) is 13.2 Å². The lowest BCUT2D eigenvalue weighted by Gasteiger charge is -2.33. The van der Waals surface area contributed by atoms with Gasteiger partial charge >= 0.3 is 0 Å². The van der Waals surface area contributed by atoms with Crippen LogP contribution in [0.2, 0.25) is 0 Å². The fourth-order valence-corrected chi connectivity index (χ4v) is 1.52. The van der Waals surface area contributed by atoms with Crippen molar-refractivity contribution < 1.29 is 13.9 Å². The van der Waals surface area contributed by atoms with Gasteiger partial charge in [-0.05, 0) is 0 Å². The SMILES string of the molecule is [O]CCN1CCN(CC(F)F)CC1. The Labute approximate surface area is 76.9 Å². The molecule has 13 heavy (non-hydrogen) atoms. The minimum absolute atomic E-state index is 0.102.